The molecule has 0 bridgehead atoms. The van der Waals surface area contributed by atoms with Crippen LogP contribution in [0.1, 0.15) is 21.6 Å². The number of nitrogens with two attached hydrogens (primary N) is 1. The highest BCUT2D eigenvalue weighted by atomic mass is 32.1. The van der Waals surface area contributed by atoms with Gasteiger partial charge in [-0.05, 0) is 18.7 Å². The van der Waals surface area contributed by atoms with Crippen LogP contribution in [0.25, 0.3) is 0 Å². The Morgan fingerprint density at radius 3 is 2.89 bits per heavy atom. The van der Waals surface area contributed by atoms with Crippen LogP contribution in [-0.4, -0.2) is 22.8 Å². The largest absolute Gasteiger partial charge is 0.296 e. The molecular weight excluding hydrogens is 260 g/mol. The first-order valence-electron chi connectivity index (χ1n) is 5.85. The topological polar surface area (TPSA) is 71.2 Å². The highest BCUT2D eigenvalue weighted by molar-refractivity contribution is 7.07. The van der Waals surface area contributed by atoms with Gasteiger partial charge in [0.05, 0.1) is 11.2 Å². The zero-order valence-electron chi connectivity index (χ0n) is 10.7. The first kappa shape index (κ1) is 13.7. The van der Waals surface area contributed by atoms with Crippen molar-refractivity contribution in [2.24, 2.45) is 5.84 Å². The van der Waals surface area contributed by atoms with Crippen molar-refractivity contribution >= 4 is 17.2 Å². The van der Waals surface area contributed by atoms with Crippen molar-refractivity contribution in [2.45, 2.75) is 13.1 Å². The molecule has 3 N–H and O–H groups in total. The van der Waals surface area contributed by atoms with Gasteiger partial charge < -0.3 is 0 Å². The van der Waals surface area contributed by atoms with E-state index < -0.39 is 0 Å². The van der Waals surface area contributed by atoms with Crippen LogP contribution >= 0.6 is 11.3 Å². The second-order valence-corrected chi connectivity index (χ2v) is 5.00. The van der Waals surface area contributed by atoms with Gasteiger partial charge in [-0.25, -0.2) is 10.8 Å². The Labute approximate surface area is 116 Å². The molecule has 2 rings (SSSR count). The van der Waals surface area contributed by atoms with E-state index in [2.05, 4.69) is 15.3 Å². The average Bonchev–Trinajstić information content (AvgIpc) is 2.91. The third-order valence-corrected chi connectivity index (χ3v) is 3.38. The summed E-state index contributed by atoms with van der Waals surface area (Å²) in [5, 5.41) is 2.02. The normalized spacial score (nSPS) is 10.7. The number of nitrogens with one attached hydrogen (secondary N) is 1. The van der Waals surface area contributed by atoms with Crippen LogP contribution in [0.15, 0.2) is 35.2 Å². The molecule has 0 unspecified atom stereocenters. The Hall–Kier alpha value is -1.76. The summed E-state index contributed by atoms with van der Waals surface area (Å²) in [6.07, 6.45) is 0. The Morgan fingerprint density at radius 2 is 2.21 bits per heavy atom. The molecule has 0 aliphatic heterocycles. The molecule has 2 aromatic rings. The van der Waals surface area contributed by atoms with E-state index in [9.17, 15) is 4.79 Å². The van der Waals surface area contributed by atoms with Crippen molar-refractivity contribution in [1.82, 2.24) is 15.3 Å². The van der Waals surface area contributed by atoms with E-state index in [0.717, 1.165) is 17.8 Å². The van der Waals surface area contributed by atoms with Crippen LogP contribution in [0.4, 0.5) is 0 Å². The highest BCUT2D eigenvalue weighted by Gasteiger charge is 2.11. The van der Waals surface area contributed by atoms with Gasteiger partial charge in [0, 0.05) is 24.0 Å². The second-order valence-electron chi connectivity index (χ2n) is 4.28. The van der Waals surface area contributed by atoms with E-state index in [1.165, 1.54) is 0 Å². The van der Waals surface area contributed by atoms with Crippen LogP contribution < -0.4 is 11.3 Å². The van der Waals surface area contributed by atoms with Gasteiger partial charge in [-0.1, -0.05) is 18.2 Å². The van der Waals surface area contributed by atoms with Gasteiger partial charge in [-0.3, -0.25) is 15.1 Å². The molecule has 0 radical (unpaired) electrons. The number of nitrogens with zero attached hydrogens (tertiary/aromatic N) is 2. The number of benzene rings is 1. The van der Waals surface area contributed by atoms with Crippen LogP contribution in [0, 0.1) is 0 Å². The van der Waals surface area contributed by atoms with Crippen molar-refractivity contribution in [1.29, 1.82) is 0 Å². The summed E-state index contributed by atoms with van der Waals surface area (Å²) in [5.41, 5.74) is 6.58. The molecule has 0 spiro atoms. The Morgan fingerprint density at radius 1 is 1.42 bits per heavy atom. The molecule has 0 aliphatic rings. The number of amides is 1. The quantitative estimate of drug-likeness (QED) is 0.492. The van der Waals surface area contributed by atoms with E-state index in [0.29, 0.717) is 12.1 Å². The number of thiazole rings is 1. The molecule has 1 amide bonds. The maximum Gasteiger partial charge on any atom is 0.265 e. The van der Waals surface area contributed by atoms with Crippen LogP contribution in [-0.2, 0) is 13.1 Å². The SMILES string of the molecule is CN(Cc1cscn1)Cc1ccccc1C(=O)NN. The summed E-state index contributed by atoms with van der Waals surface area (Å²) in [6, 6.07) is 7.45. The fourth-order valence-corrected chi connectivity index (χ4v) is 2.45. The number of hydrazine groups is 1. The van der Waals surface area contributed by atoms with Crippen LogP contribution in [0.3, 0.4) is 0 Å². The number of nitrogen functional groups attached to an aromatic ring is 1. The lowest BCUT2D eigenvalue weighted by atomic mass is 10.1. The molecule has 5 nitrogen and oxygen atoms in total. The lowest BCUT2D eigenvalue weighted by Crippen LogP contribution is -2.31. The number of rotatable bonds is 5. The van der Waals surface area contributed by atoms with E-state index in [-0.39, 0.29) is 5.91 Å². The summed E-state index contributed by atoms with van der Waals surface area (Å²) < 4.78 is 0. The van der Waals surface area contributed by atoms with Crippen molar-refractivity contribution in [2.75, 3.05) is 7.05 Å². The van der Waals surface area contributed by atoms with Crippen LogP contribution in [0.5, 0.6) is 0 Å². The lowest BCUT2D eigenvalue weighted by Gasteiger charge is -2.17. The second kappa shape index (κ2) is 6.42. The Bertz CT molecular complexity index is 541. The number of carbonyl (C=O) groups excluding carboxylic acids is 1. The molecule has 0 saturated carbocycles. The predicted molar refractivity (Wildman–Crippen MR) is 75.4 cm³/mol. The monoisotopic (exact) mass is 276 g/mol. The summed E-state index contributed by atoms with van der Waals surface area (Å²) in [5.74, 6) is 4.93. The molecule has 0 aliphatic carbocycles. The van der Waals surface area contributed by atoms with E-state index >= 15 is 0 Å². The Balaban J connectivity index is 2.08. The average molecular weight is 276 g/mol. The zero-order valence-corrected chi connectivity index (χ0v) is 11.5. The molecule has 0 saturated heterocycles. The highest BCUT2D eigenvalue weighted by Crippen LogP contribution is 2.13. The van der Waals surface area contributed by atoms with Gasteiger partial charge in [0.15, 0.2) is 0 Å². The molecule has 1 heterocycles. The molecule has 100 valence electrons. The van der Waals surface area contributed by atoms with Crippen molar-refractivity contribution in [3.05, 3.63) is 52.0 Å². The minimum Gasteiger partial charge on any atom is -0.296 e. The third-order valence-electron chi connectivity index (χ3n) is 2.75. The van der Waals surface area contributed by atoms with E-state index in [1.54, 1.807) is 17.4 Å². The molecule has 19 heavy (non-hydrogen) atoms. The molecule has 6 heteroatoms. The standard InChI is InChI=1S/C13H16N4OS/c1-17(7-11-8-19-9-15-11)6-10-4-2-3-5-12(10)13(18)16-14/h2-5,8-9H,6-7,14H2,1H3,(H,16,18). The summed E-state index contributed by atoms with van der Waals surface area (Å²) in [6.45, 7) is 1.42. The fourth-order valence-electron chi connectivity index (χ4n) is 1.90. The van der Waals surface area contributed by atoms with Gasteiger partial charge in [0.2, 0.25) is 0 Å². The Kier molecular flexibility index (Phi) is 4.62. The first-order chi connectivity index (χ1) is 9.20. The predicted octanol–water partition coefficient (Wildman–Crippen LogP) is 1.38. The van der Waals surface area contributed by atoms with Crippen molar-refractivity contribution < 1.29 is 4.79 Å². The number of carbonyl (C=O) groups is 1. The lowest BCUT2D eigenvalue weighted by molar-refractivity contribution is 0.0952. The smallest absolute Gasteiger partial charge is 0.265 e. The maximum atomic E-state index is 11.7. The maximum absolute atomic E-state index is 11.7. The number of aromatic nitrogens is 1. The van der Waals surface area contributed by atoms with Gasteiger partial charge >= 0.3 is 0 Å². The minimum absolute atomic E-state index is 0.266. The van der Waals surface area contributed by atoms with Crippen LogP contribution in [0.2, 0.25) is 0 Å². The zero-order chi connectivity index (χ0) is 13.7. The molecular formula is C13H16N4OS. The molecule has 1 aromatic heterocycles. The van der Waals surface area contributed by atoms with Crippen molar-refractivity contribution in [3.63, 3.8) is 0 Å². The molecule has 0 atom stereocenters. The molecule has 1 aromatic carbocycles. The summed E-state index contributed by atoms with van der Waals surface area (Å²) >= 11 is 1.58. The van der Waals surface area contributed by atoms with Gasteiger partial charge in [-0.2, -0.15) is 0 Å². The van der Waals surface area contributed by atoms with Crippen molar-refractivity contribution in [3.8, 4) is 0 Å². The number of hydrogen-bond acceptors (Lipinski definition) is 5. The molecule has 0 fully saturated rings. The van der Waals surface area contributed by atoms with Gasteiger partial charge in [0.1, 0.15) is 0 Å². The fraction of sp³-hybridized carbons (Fsp3) is 0.231. The first-order valence-corrected chi connectivity index (χ1v) is 6.79. The number of hydrogen-bond donors (Lipinski definition) is 2. The van der Waals surface area contributed by atoms with E-state index in [1.807, 2.05) is 36.1 Å². The van der Waals surface area contributed by atoms with E-state index in [4.69, 9.17) is 5.84 Å². The minimum atomic E-state index is -0.266. The summed E-state index contributed by atoms with van der Waals surface area (Å²) in [4.78, 5) is 18.0. The van der Waals surface area contributed by atoms with Gasteiger partial charge in [0.25, 0.3) is 5.91 Å². The van der Waals surface area contributed by atoms with Gasteiger partial charge in [-0.15, -0.1) is 11.3 Å². The third kappa shape index (κ3) is 3.60. The summed E-state index contributed by atoms with van der Waals surface area (Å²) in [7, 11) is 2.00.